The van der Waals surface area contributed by atoms with E-state index in [0.717, 1.165) is 0 Å². The third-order valence-electron chi connectivity index (χ3n) is 6.77. The summed E-state index contributed by atoms with van der Waals surface area (Å²) in [4.78, 5) is 0. The Balaban J connectivity index is 0.00000900. The van der Waals surface area contributed by atoms with Crippen LogP contribution < -0.4 is 0 Å². The zero-order chi connectivity index (χ0) is 22.1. The molecule has 0 radical (unpaired) electrons. The Kier molecular flexibility index (Phi) is 18.3. The van der Waals surface area contributed by atoms with Gasteiger partial charge in [-0.25, -0.2) is 0 Å². The standard InChI is InChI=1S/C27H54BN2.HI/c1-6-7-8-9-10-11-12-13-14-15-16-17-18-22-25-29(2,3)28-30(4,5)26-27-23-20-19-21-24-27;/h19-21,23-24H,6-18,22,25-26,28H2,1-5H3;1H/q+1;. The average molecular weight is 545 g/mol. The molecule has 0 amide bonds. The van der Waals surface area contributed by atoms with Crippen molar-refractivity contribution in [2.45, 2.75) is 103 Å². The highest BCUT2D eigenvalue weighted by Gasteiger charge is 2.22. The third kappa shape index (κ3) is 18.1. The first-order valence-electron chi connectivity index (χ1n) is 13.3. The minimum absolute atomic E-state index is 0. The summed E-state index contributed by atoms with van der Waals surface area (Å²) in [6, 6.07) is 11.0. The van der Waals surface area contributed by atoms with Crippen molar-refractivity contribution in [1.82, 2.24) is 0 Å². The van der Waals surface area contributed by atoms with E-state index in [-0.39, 0.29) is 31.5 Å². The maximum Gasteiger partial charge on any atom is 0.386 e. The van der Waals surface area contributed by atoms with Crippen LogP contribution >= 0.6 is 24.0 Å². The number of benzene rings is 1. The Morgan fingerprint density at radius 3 is 1.45 bits per heavy atom. The molecule has 31 heavy (non-hydrogen) atoms. The summed E-state index contributed by atoms with van der Waals surface area (Å²) in [5.41, 5.74) is 1.47. The highest BCUT2D eigenvalue weighted by Crippen LogP contribution is 2.15. The highest BCUT2D eigenvalue weighted by molar-refractivity contribution is 14.0. The van der Waals surface area contributed by atoms with Crippen molar-refractivity contribution in [1.29, 1.82) is 0 Å². The fraction of sp³-hybridized carbons (Fsp3) is 0.778. The molecule has 0 spiro atoms. The van der Waals surface area contributed by atoms with E-state index < -0.39 is 0 Å². The van der Waals surface area contributed by atoms with Gasteiger partial charge in [-0.05, 0) is 12.8 Å². The van der Waals surface area contributed by atoms with Gasteiger partial charge in [0.1, 0.15) is 0 Å². The molecule has 0 aliphatic carbocycles. The molecule has 0 fully saturated rings. The quantitative estimate of drug-likeness (QED) is 0.0964. The number of halogens is 1. The number of nitrogens with zero attached hydrogens (tertiary/aromatic N) is 2. The van der Waals surface area contributed by atoms with Crippen molar-refractivity contribution >= 4 is 31.5 Å². The van der Waals surface area contributed by atoms with Crippen LogP contribution in [0.3, 0.4) is 0 Å². The van der Waals surface area contributed by atoms with Gasteiger partial charge >= 0.3 is 7.55 Å². The van der Waals surface area contributed by atoms with Gasteiger partial charge in [0.15, 0.2) is 0 Å². The van der Waals surface area contributed by atoms with E-state index in [1.807, 2.05) is 0 Å². The molecule has 1 aromatic rings. The van der Waals surface area contributed by atoms with Crippen LogP contribution in [0.25, 0.3) is 0 Å². The Morgan fingerprint density at radius 1 is 0.581 bits per heavy atom. The van der Waals surface area contributed by atoms with Crippen LogP contribution in [-0.2, 0) is 6.54 Å². The SMILES string of the molecule is CCCCCCCCCCCCCCCC[N+](C)(C)[BH2-][N+](C)(C)Cc1ccccc1.I. The Morgan fingerprint density at radius 2 is 1.00 bits per heavy atom. The number of hydrogen-bond donors (Lipinski definition) is 0. The van der Waals surface area contributed by atoms with Gasteiger partial charge in [0.2, 0.25) is 0 Å². The van der Waals surface area contributed by atoms with Crippen molar-refractivity contribution in [3.8, 4) is 0 Å². The molecule has 1 aromatic carbocycles. The van der Waals surface area contributed by atoms with Gasteiger partial charge in [-0.3, -0.25) is 0 Å². The third-order valence-corrected chi connectivity index (χ3v) is 6.77. The van der Waals surface area contributed by atoms with E-state index >= 15 is 0 Å². The van der Waals surface area contributed by atoms with Gasteiger partial charge in [0, 0.05) is 40.3 Å². The predicted molar refractivity (Wildman–Crippen MR) is 154 cm³/mol. The lowest BCUT2D eigenvalue weighted by Crippen LogP contribution is -2.58. The average Bonchev–Trinajstić information content (AvgIpc) is 2.67. The Bertz CT molecular complexity index is 519. The highest BCUT2D eigenvalue weighted by atomic mass is 127. The largest absolute Gasteiger partial charge is 0.471 e. The summed E-state index contributed by atoms with van der Waals surface area (Å²) < 4.78 is 2.42. The van der Waals surface area contributed by atoms with Crippen molar-refractivity contribution in [2.24, 2.45) is 0 Å². The lowest BCUT2D eigenvalue weighted by molar-refractivity contribution is -0.897. The maximum absolute atomic E-state index is 2.47. The van der Waals surface area contributed by atoms with Crippen LogP contribution in [0.15, 0.2) is 30.3 Å². The summed E-state index contributed by atoms with van der Waals surface area (Å²) in [6.45, 7) is 4.82. The number of hydrogen-bond acceptors (Lipinski definition) is 0. The first-order chi connectivity index (χ1) is 14.3. The smallest absolute Gasteiger partial charge is 0.386 e. The minimum Gasteiger partial charge on any atom is -0.471 e. The Labute approximate surface area is 213 Å². The second-order valence-electron chi connectivity index (χ2n) is 11.7. The van der Waals surface area contributed by atoms with E-state index in [1.165, 1.54) is 117 Å². The molecule has 0 unspecified atom stereocenters. The number of rotatable bonds is 19. The molecule has 2 nitrogen and oxygen atoms in total. The maximum atomic E-state index is 2.47. The van der Waals surface area contributed by atoms with Gasteiger partial charge in [-0.15, -0.1) is 24.0 Å². The van der Waals surface area contributed by atoms with Gasteiger partial charge in [0.25, 0.3) is 0 Å². The van der Waals surface area contributed by atoms with Gasteiger partial charge in [-0.2, -0.15) is 0 Å². The lowest BCUT2D eigenvalue weighted by atomic mass is 9.95. The summed E-state index contributed by atoms with van der Waals surface area (Å²) in [7, 11) is 9.67. The van der Waals surface area contributed by atoms with Crippen molar-refractivity contribution in [2.75, 3.05) is 34.7 Å². The molecule has 0 aliphatic rings. The lowest BCUT2D eigenvalue weighted by Gasteiger charge is -2.47. The molecular formula is C27H55BIN2+. The monoisotopic (exact) mass is 545 g/mol. The van der Waals surface area contributed by atoms with E-state index in [1.54, 1.807) is 0 Å². The first kappa shape index (κ1) is 30.9. The molecule has 0 aliphatic heterocycles. The normalized spacial score (nSPS) is 12.0. The summed E-state index contributed by atoms with van der Waals surface area (Å²) in [5, 5.41) is 0. The van der Waals surface area contributed by atoms with Gasteiger partial charge in [-0.1, -0.05) is 114 Å². The molecule has 0 aromatic heterocycles. The van der Waals surface area contributed by atoms with Gasteiger partial charge in [0.05, 0.1) is 6.54 Å². The molecule has 0 heterocycles. The molecule has 0 atom stereocenters. The second kappa shape index (κ2) is 18.4. The van der Waals surface area contributed by atoms with Crippen LogP contribution in [0.4, 0.5) is 0 Å². The van der Waals surface area contributed by atoms with Crippen LogP contribution in [0.2, 0.25) is 0 Å². The van der Waals surface area contributed by atoms with E-state index in [9.17, 15) is 0 Å². The summed E-state index contributed by atoms with van der Waals surface area (Å²) in [6.07, 6.45) is 20.3. The van der Waals surface area contributed by atoms with Crippen molar-refractivity contribution < 1.29 is 8.79 Å². The fourth-order valence-electron chi connectivity index (χ4n) is 5.55. The molecular weight excluding hydrogens is 490 g/mol. The molecule has 1 rings (SSSR count). The van der Waals surface area contributed by atoms with E-state index in [0.29, 0.717) is 0 Å². The molecule has 0 bridgehead atoms. The van der Waals surface area contributed by atoms with E-state index in [4.69, 9.17) is 0 Å². The Hall–Kier alpha value is -0.0651. The number of quaternary nitrogens is 2. The second-order valence-corrected chi connectivity index (χ2v) is 11.7. The predicted octanol–water partition coefficient (Wildman–Crippen LogP) is 7.44. The molecule has 0 saturated carbocycles. The summed E-state index contributed by atoms with van der Waals surface area (Å²) >= 11 is 0. The zero-order valence-corrected chi connectivity index (χ0v) is 24.3. The molecule has 0 N–H and O–H groups in total. The van der Waals surface area contributed by atoms with E-state index in [2.05, 4.69) is 65.4 Å². The topological polar surface area (TPSA) is 0 Å². The summed E-state index contributed by atoms with van der Waals surface area (Å²) in [5.74, 6) is 0. The zero-order valence-electron chi connectivity index (χ0n) is 22.0. The van der Waals surface area contributed by atoms with Gasteiger partial charge < -0.3 is 8.79 Å². The van der Waals surface area contributed by atoms with Crippen molar-refractivity contribution in [3.63, 3.8) is 0 Å². The molecule has 4 heteroatoms. The minimum atomic E-state index is -0.120. The van der Waals surface area contributed by atoms with Crippen LogP contribution in [-0.4, -0.2) is 51.1 Å². The van der Waals surface area contributed by atoms with Crippen LogP contribution in [0.5, 0.6) is 0 Å². The first-order valence-corrected chi connectivity index (χ1v) is 13.3. The molecule has 0 saturated heterocycles. The fourth-order valence-corrected chi connectivity index (χ4v) is 5.55. The van der Waals surface area contributed by atoms with Crippen LogP contribution in [0, 0.1) is 0 Å². The number of unbranched alkanes of at least 4 members (excludes halogenated alkanes) is 13. The van der Waals surface area contributed by atoms with Crippen molar-refractivity contribution in [3.05, 3.63) is 35.9 Å². The molecule has 182 valence electrons. The van der Waals surface area contributed by atoms with Crippen LogP contribution in [0.1, 0.15) is 102 Å².